The van der Waals surface area contributed by atoms with Gasteiger partial charge in [-0.1, -0.05) is 35.5 Å². The first-order valence-electron chi connectivity index (χ1n) is 7.09. The van der Waals surface area contributed by atoms with Crippen molar-refractivity contribution < 1.29 is 14.1 Å². The number of aryl methyl sites for hydroxylation is 1. The molecule has 1 aliphatic rings. The van der Waals surface area contributed by atoms with Crippen LogP contribution in [0.4, 0.5) is 0 Å². The third-order valence-electron chi connectivity index (χ3n) is 3.59. The van der Waals surface area contributed by atoms with E-state index in [1.54, 1.807) is 6.07 Å². The Morgan fingerprint density at radius 3 is 2.90 bits per heavy atom. The number of rotatable bonds is 3. The summed E-state index contributed by atoms with van der Waals surface area (Å²) in [5.41, 5.74) is 1.90. The Bertz CT molecular complexity index is 609. The van der Waals surface area contributed by atoms with Crippen molar-refractivity contribution in [3.05, 3.63) is 53.4 Å². The van der Waals surface area contributed by atoms with Crippen molar-refractivity contribution in [3.63, 3.8) is 0 Å². The molecule has 5 heteroatoms. The van der Waals surface area contributed by atoms with Crippen molar-refractivity contribution in [2.75, 3.05) is 19.7 Å². The Morgan fingerprint density at radius 1 is 1.38 bits per heavy atom. The van der Waals surface area contributed by atoms with E-state index in [4.69, 9.17) is 9.26 Å². The van der Waals surface area contributed by atoms with Crippen LogP contribution in [0.2, 0.25) is 0 Å². The number of benzene rings is 1. The third-order valence-corrected chi connectivity index (χ3v) is 3.59. The first-order valence-corrected chi connectivity index (χ1v) is 7.09. The van der Waals surface area contributed by atoms with Crippen LogP contribution in [0.3, 0.4) is 0 Å². The average Bonchev–Trinajstić information content (AvgIpc) is 2.93. The molecule has 1 unspecified atom stereocenters. The van der Waals surface area contributed by atoms with Crippen LogP contribution in [-0.4, -0.2) is 35.7 Å². The lowest BCUT2D eigenvalue weighted by molar-refractivity contribution is -0.138. The Balaban J connectivity index is 1.64. The molecule has 1 atom stereocenters. The second-order valence-corrected chi connectivity index (χ2v) is 5.22. The highest BCUT2D eigenvalue weighted by molar-refractivity contribution is 5.78. The van der Waals surface area contributed by atoms with Gasteiger partial charge in [-0.3, -0.25) is 4.79 Å². The molecule has 110 valence electrons. The van der Waals surface area contributed by atoms with Crippen molar-refractivity contribution in [1.29, 1.82) is 0 Å². The molecule has 1 aromatic heterocycles. The lowest BCUT2D eigenvalue weighted by Crippen LogP contribution is -2.42. The van der Waals surface area contributed by atoms with Gasteiger partial charge < -0.3 is 14.2 Å². The monoisotopic (exact) mass is 286 g/mol. The van der Waals surface area contributed by atoms with Gasteiger partial charge in [-0.25, -0.2) is 0 Å². The van der Waals surface area contributed by atoms with Gasteiger partial charge >= 0.3 is 0 Å². The predicted molar refractivity (Wildman–Crippen MR) is 76.7 cm³/mol. The fraction of sp³-hybridized carbons (Fsp3) is 0.375. The third kappa shape index (κ3) is 3.31. The Hall–Kier alpha value is -2.14. The van der Waals surface area contributed by atoms with Gasteiger partial charge in [-0.15, -0.1) is 0 Å². The number of nitrogens with zero attached hydrogens (tertiary/aromatic N) is 2. The summed E-state index contributed by atoms with van der Waals surface area (Å²) in [5, 5.41) is 3.81. The van der Waals surface area contributed by atoms with Crippen molar-refractivity contribution in [2.24, 2.45) is 0 Å². The fourth-order valence-electron chi connectivity index (χ4n) is 2.51. The molecule has 2 heterocycles. The molecule has 0 bridgehead atoms. The molecular formula is C16H18N2O3. The van der Waals surface area contributed by atoms with Gasteiger partial charge in [-0.05, 0) is 12.5 Å². The highest BCUT2D eigenvalue weighted by atomic mass is 16.5. The SMILES string of the molecule is Cc1cc(CC(=O)N2CCOC(c3ccccc3)C2)on1. The molecule has 1 saturated heterocycles. The van der Waals surface area contributed by atoms with E-state index >= 15 is 0 Å². The number of hydrogen-bond acceptors (Lipinski definition) is 4. The minimum atomic E-state index is -0.0552. The fourth-order valence-corrected chi connectivity index (χ4v) is 2.51. The zero-order valence-corrected chi connectivity index (χ0v) is 12.0. The van der Waals surface area contributed by atoms with Gasteiger partial charge in [0.1, 0.15) is 11.9 Å². The van der Waals surface area contributed by atoms with Gasteiger partial charge in [0.15, 0.2) is 0 Å². The molecule has 0 radical (unpaired) electrons. The number of amides is 1. The summed E-state index contributed by atoms with van der Waals surface area (Å²) in [4.78, 5) is 14.2. The number of morpholine rings is 1. The van der Waals surface area contributed by atoms with Crippen LogP contribution in [0.15, 0.2) is 40.9 Å². The summed E-state index contributed by atoms with van der Waals surface area (Å²) in [6, 6.07) is 11.8. The number of hydrogen-bond donors (Lipinski definition) is 0. The first kappa shape index (κ1) is 13.8. The molecule has 1 aliphatic heterocycles. The maximum atomic E-state index is 12.3. The number of aromatic nitrogens is 1. The number of ether oxygens (including phenoxy) is 1. The van der Waals surface area contributed by atoms with E-state index in [2.05, 4.69) is 5.16 Å². The summed E-state index contributed by atoms with van der Waals surface area (Å²) in [6.45, 7) is 3.60. The van der Waals surface area contributed by atoms with Crippen LogP contribution in [0, 0.1) is 6.92 Å². The van der Waals surface area contributed by atoms with Crippen LogP contribution in [-0.2, 0) is 16.0 Å². The molecule has 2 aromatic rings. The van der Waals surface area contributed by atoms with E-state index in [0.717, 1.165) is 11.3 Å². The van der Waals surface area contributed by atoms with Crippen LogP contribution >= 0.6 is 0 Å². The Labute approximate surface area is 123 Å². The second kappa shape index (κ2) is 6.10. The minimum absolute atomic E-state index is 0.0513. The Morgan fingerprint density at radius 2 is 2.19 bits per heavy atom. The molecule has 0 N–H and O–H groups in total. The molecule has 0 aliphatic carbocycles. The van der Waals surface area contributed by atoms with E-state index in [1.807, 2.05) is 42.2 Å². The van der Waals surface area contributed by atoms with Gasteiger partial charge in [0.2, 0.25) is 5.91 Å². The summed E-state index contributed by atoms with van der Waals surface area (Å²) < 4.78 is 10.9. The van der Waals surface area contributed by atoms with E-state index < -0.39 is 0 Å². The maximum Gasteiger partial charge on any atom is 0.230 e. The van der Waals surface area contributed by atoms with E-state index in [1.165, 1.54) is 0 Å². The van der Waals surface area contributed by atoms with Crippen LogP contribution < -0.4 is 0 Å². The quantitative estimate of drug-likeness (QED) is 0.867. The average molecular weight is 286 g/mol. The van der Waals surface area contributed by atoms with Crippen LogP contribution in [0.5, 0.6) is 0 Å². The predicted octanol–water partition coefficient (Wildman–Crippen LogP) is 2.13. The van der Waals surface area contributed by atoms with Gasteiger partial charge in [0.25, 0.3) is 0 Å². The molecule has 1 aromatic carbocycles. The van der Waals surface area contributed by atoms with E-state index in [-0.39, 0.29) is 18.4 Å². The van der Waals surface area contributed by atoms with Gasteiger partial charge in [0, 0.05) is 12.6 Å². The van der Waals surface area contributed by atoms with Crippen molar-refractivity contribution >= 4 is 5.91 Å². The van der Waals surface area contributed by atoms with Crippen LogP contribution in [0.25, 0.3) is 0 Å². The molecular weight excluding hydrogens is 268 g/mol. The zero-order valence-electron chi connectivity index (χ0n) is 12.0. The molecule has 3 rings (SSSR count). The highest BCUT2D eigenvalue weighted by Crippen LogP contribution is 2.22. The highest BCUT2D eigenvalue weighted by Gasteiger charge is 2.25. The van der Waals surface area contributed by atoms with Crippen molar-refractivity contribution in [2.45, 2.75) is 19.4 Å². The maximum absolute atomic E-state index is 12.3. The Kier molecular flexibility index (Phi) is 4.01. The lowest BCUT2D eigenvalue weighted by atomic mass is 10.1. The first-order chi connectivity index (χ1) is 10.2. The lowest BCUT2D eigenvalue weighted by Gasteiger charge is -2.33. The molecule has 0 saturated carbocycles. The summed E-state index contributed by atoms with van der Waals surface area (Å²) in [7, 11) is 0. The summed E-state index contributed by atoms with van der Waals surface area (Å²) in [6.07, 6.45) is 0.197. The minimum Gasteiger partial charge on any atom is -0.370 e. The largest absolute Gasteiger partial charge is 0.370 e. The molecule has 1 fully saturated rings. The summed E-state index contributed by atoms with van der Waals surface area (Å²) in [5.74, 6) is 0.663. The standard InChI is InChI=1S/C16H18N2O3/c1-12-9-14(21-17-12)10-16(19)18-7-8-20-15(11-18)13-5-3-2-4-6-13/h2-6,9,15H,7-8,10-11H2,1H3. The van der Waals surface area contributed by atoms with Crippen molar-refractivity contribution in [1.82, 2.24) is 10.1 Å². The number of carbonyl (C=O) groups is 1. The topological polar surface area (TPSA) is 55.6 Å². The van der Waals surface area contributed by atoms with E-state index in [0.29, 0.717) is 25.5 Å². The van der Waals surface area contributed by atoms with Crippen LogP contribution in [0.1, 0.15) is 23.1 Å². The smallest absolute Gasteiger partial charge is 0.230 e. The molecule has 0 spiro atoms. The van der Waals surface area contributed by atoms with Crippen molar-refractivity contribution in [3.8, 4) is 0 Å². The zero-order chi connectivity index (χ0) is 14.7. The summed E-state index contributed by atoms with van der Waals surface area (Å²) >= 11 is 0. The van der Waals surface area contributed by atoms with E-state index in [9.17, 15) is 4.79 Å². The van der Waals surface area contributed by atoms with Gasteiger partial charge in [0.05, 0.1) is 25.3 Å². The second-order valence-electron chi connectivity index (χ2n) is 5.22. The molecule has 1 amide bonds. The van der Waals surface area contributed by atoms with Gasteiger partial charge in [-0.2, -0.15) is 0 Å². The molecule has 21 heavy (non-hydrogen) atoms. The molecule has 5 nitrogen and oxygen atoms in total. The number of carbonyl (C=O) groups excluding carboxylic acids is 1. The normalized spacial score (nSPS) is 18.7.